The number of ketones is 1. The lowest BCUT2D eigenvalue weighted by Crippen LogP contribution is -2.32. The zero-order chi connectivity index (χ0) is 23.1. The zero-order valence-electron chi connectivity index (χ0n) is 17.5. The second kappa shape index (κ2) is 10.8. The second-order valence-electron chi connectivity index (χ2n) is 6.03. The molecule has 11 heteroatoms. The average molecular weight is 470 g/mol. The van der Waals surface area contributed by atoms with Crippen molar-refractivity contribution in [3.63, 3.8) is 0 Å². The molecule has 0 spiro atoms. The lowest BCUT2D eigenvalue weighted by Gasteiger charge is -2.16. The third-order valence-electron chi connectivity index (χ3n) is 4.11. The number of benzene rings is 2. The Labute approximate surface area is 189 Å². The van der Waals surface area contributed by atoms with Crippen molar-refractivity contribution in [1.29, 1.82) is 0 Å². The molecule has 0 aliphatic heterocycles. The fourth-order valence-corrected chi connectivity index (χ4v) is 3.00. The highest BCUT2D eigenvalue weighted by Crippen LogP contribution is 2.41. The number of azo groups is 1. The topological polar surface area (TPSA) is 108 Å². The van der Waals surface area contributed by atoms with Crippen molar-refractivity contribution in [3.8, 4) is 23.0 Å². The maximum absolute atomic E-state index is 12.8. The van der Waals surface area contributed by atoms with E-state index in [0.29, 0.717) is 17.2 Å². The fourth-order valence-electron chi connectivity index (χ4n) is 2.57. The SMILES string of the molecule is COc1cc(OC)c(N=NC(C(C)=O)C(=O)Nc2c(Cl)ccc(OC)c2OC)cc1Cl. The Kier molecular flexibility index (Phi) is 8.47. The molecule has 166 valence electrons. The van der Waals surface area contributed by atoms with E-state index in [9.17, 15) is 9.59 Å². The van der Waals surface area contributed by atoms with E-state index in [1.807, 2.05) is 0 Å². The normalized spacial score (nSPS) is 11.7. The Morgan fingerprint density at radius 2 is 1.55 bits per heavy atom. The molecule has 2 aromatic carbocycles. The van der Waals surface area contributed by atoms with Gasteiger partial charge in [0.2, 0.25) is 6.04 Å². The fraction of sp³-hybridized carbons (Fsp3) is 0.300. The standard InChI is InChI=1S/C20H21Cl2N3O6/c1-10(26)17(25-24-13-8-12(22)15(29-3)9-16(13)30-4)20(27)23-18-11(21)6-7-14(28-2)19(18)31-5/h6-9,17H,1-5H3,(H,23,27). The first-order valence-electron chi connectivity index (χ1n) is 8.81. The van der Waals surface area contributed by atoms with Gasteiger partial charge in [0, 0.05) is 6.07 Å². The van der Waals surface area contributed by atoms with Crippen molar-refractivity contribution in [3.05, 3.63) is 34.3 Å². The molecule has 2 aromatic rings. The number of halogens is 2. The third-order valence-corrected chi connectivity index (χ3v) is 4.72. The Hall–Kier alpha value is -3.04. The van der Waals surface area contributed by atoms with Gasteiger partial charge in [-0.25, -0.2) is 0 Å². The van der Waals surface area contributed by atoms with Gasteiger partial charge in [0.1, 0.15) is 22.9 Å². The number of hydrogen-bond acceptors (Lipinski definition) is 8. The molecule has 0 aliphatic rings. The molecule has 1 unspecified atom stereocenters. The van der Waals surface area contributed by atoms with E-state index < -0.39 is 17.7 Å². The molecule has 1 amide bonds. The number of amides is 1. The number of carbonyl (C=O) groups is 2. The summed E-state index contributed by atoms with van der Waals surface area (Å²) in [4.78, 5) is 24.9. The highest BCUT2D eigenvalue weighted by atomic mass is 35.5. The summed E-state index contributed by atoms with van der Waals surface area (Å²) in [7, 11) is 5.72. The van der Waals surface area contributed by atoms with Crippen LogP contribution in [0.15, 0.2) is 34.5 Å². The predicted octanol–water partition coefficient (Wildman–Crippen LogP) is 4.71. The highest BCUT2D eigenvalue weighted by molar-refractivity contribution is 6.34. The quantitative estimate of drug-likeness (QED) is 0.420. The Morgan fingerprint density at radius 3 is 2.10 bits per heavy atom. The first-order valence-corrected chi connectivity index (χ1v) is 9.57. The number of rotatable bonds is 9. The van der Waals surface area contributed by atoms with E-state index in [2.05, 4.69) is 15.5 Å². The first kappa shape index (κ1) is 24.2. The van der Waals surface area contributed by atoms with E-state index in [1.165, 1.54) is 53.6 Å². The summed E-state index contributed by atoms with van der Waals surface area (Å²) in [5.74, 6) is -0.0867. The van der Waals surface area contributed by atoms with Crippen molar-refractivity contribution in [2.24, 2.45) is 10.2 Å². The Morgan fingerprint density at radius 1 is 0.903 bits per heavy atom. The Bertz CT molecular complexity index is 1010. The minimum absolute atomic E-state index is 0.139. The minimum Gasteiger partial charge on any atom is -0.495 e. The second-order valence-corrected chi connectivity index (χ2v) is 6.85. The molecule has 0 saturated heterocycles. The maximum Gasteiger partial charge on any atom is 0.258 e. The number of carbonyl (C=O) groups excluding carboxylic acids is 2. The van der Waals surface area contributed by atoms with Gasteiger partial charge in [0.05, 0.1) is 38.5 Å². The molecule has 0 radical (unpaired) electrons. The van der Waals surface area contributed by atoms with E-state index in [-0.39, 0.29) is 27.2 Å². The summed E-state index contributed by atoms with van der Waals surface area (Å²) in [6.07, 6.45) is 0. The number of anilines is 1. The largest absolute Gasteiger partial charge is 0.495 e. The molecule has 1 atom stereocenters. The molecule has 2 rings (SSSR count). The lowest BCUT2D eigenvalue weighted by molar-refractivity contribution is -0.126. The number of ether oxygens (including phenoxy) is 4. The summed E-state index contributed by atoms with van der Waals surface area (Å²) in [6.45, 7) is 1.21. The van der Waals surface area contributed by atoms with Gasteiger partial charge in [-0.2, -0.15) is 10.2 Å². The van der Waals surface area contributed by atoms with Crippen LogP contribution in [0.5, 0.6) is 23.0 Å². The molecule has 0 saturated carbocycles. The van der Waals surface area contributed by atoms with Crippen LogP contribution >= 0.6 is 23.2 Å². The van der Waals surface area contributed by atoms with Crippen molar-refractivity contribution in [2.75, 3.05) is 33.8 Å². The van der Waals surface area contributed by atoms with Gasteiger partial charge >= 0.3 is 0 Å². The van der Waals surface area contributed by atoms with Crippen molar-refractivity contribution in [1.82, 2.24) is 0 Å². The van der Waals surface area contributed by atoms with Crippen LogP contribution in [-0.4, -0.2) is 46.2 Å². The monoisotopic (exact) mass is 469 g/mol. The van der Waals surface area contributed by atoms with Gasteiger partial charge in [-0.1, -0.05) is 23.2 Å². The van der Waals surface area contributed by atoms with Gasteiger partial charge in [0.15, 0.2) is 17.3 Å². The van der Waals surface area contributed by atoms with Crippen LogP contribution < -0.4 is 24.3 Å². The third kappa shape index (κ3) is 5.56. The van der Waals surface area contributed by atoms with Gasteiger partial charge in [0.25, 0.3) is 5.91 Å². The van der Waals surface area contributed by atoms with Gasteiger partial charge in [-0.05, 0) is 25.1 Å². The van der Waals surface area contributed by atoms with Crippen LogP contribution in [-0.2, 0) is 9.59 Å². The average Bonchev–Trinajstić information content (AvgIpc) is 2.74. The zero-order valence-corrected chi connectivity index (χ0v) is 19.0. The predicted molar refractivity (Wildman–Crippen MR) is 117 cm³/mol. The van der Waals surface area contributed by atoms with Crippen molar-refractivity contribution in [2.45, 2.75) is 13.0 Å². The summed E-state index contributed by atoms with van der Waals surface area (Å²) >= 11 is 12.3. The van der Waals surface area contributed by atoms with Gasteiger partial charge < -0.3 is 24.3 Å². The number of nitrogens with one attached hydrogen (secondary N) is 1. The van der Waals surface area contributed by atoms with E-state index >= 15 is 0 Å². The van der Waals surface area contributed by atoms with Crippen molar-refractivity contribution < 1.29 is 28.5 Å². The molecule has 0 aromatic heterocycles. The molecule has 1 N–H and O–H groups in total. The van der Waals surface area contributed by atoms with Gasteiger partial charge in [-0.3, -0.25) is 9.59 Å². The van der Waals surface area contributed by atoms with E-state index in [1.54, 1.807) is 6.07 Å². The van der Waals surface area contributed by atoms with Crippen LogP contribution in [0.4, 0.5) is 11.4 Å². The molecule has 9 nitrogen and oxygen atoms in total. The van der Waals surface area contributed by atoms with E-state index in [4.69, 9.17) is 42.1 Å². The summed E-state index contributed by atoms with van der Waals surface area (Å²) in [5, 5.41) is 10.9. The molecular weight excluding hydrogens is 449 g/mol. The number of methoxy groups -OCH3 is 4. The van der Waals surface area contributed by atoms with Crippen molar-refractivity contribution >= 4 is 46.3 Å². The number of Topliss-reactive ketones (excluding diaryl/α,β-unsaturated/α-hetero) is 1. The molecule has 0 aliphatic carbocycles. The highest BCUT2D eigenvalue weighted by Gasteiger charge is 2.26. The first-order chi connectivity index (χ1) is 14.8. The van der Waals surface area contributed by atoms with E-state index in [0.717, 1.165) is 0 Å². The molecule has 0 fully saturated rings. The van der Waals surface area contributed by atoms with Crippen LogP contribution in [0.25, 0.3) is 0 Å². The summed E-state index contributed by atoms with van der Waals surface area (Å²) < 4.78 is 20.8. The molecule has 31 heavy (non-hydrogen) atoms. The summed E-state index contributed by atoms with van der Waals surface area (Å²) in [6, 6.07) is 4.60. The van der Waals surface area contributed by atoms with Crippen LogP contribution in [0.1, 0.15) is 6.92 Å². The minimum atomic E-state index is -1.46. The Balaban J connectivity index is 2.37. The van der Waals surface area contributed by atoms with Gasteiger partial charge in [-0.15, -0.1) is 0 Å². The lowest BCUT2D eigenvalue weighted by atomic mass is 10.2. The smallest absolute Gasteiger partial charge is 0.258 e. The molecule has 0 heterocycles. The van der Waals surface area contributed by atoms with Crippen LogP contribution in [0.3, 0.4) is 0 Å². The van der Waals surface area contributed by atoms with Crippen LogP contribution in [0.2, 0.25) is 10.0 Å². The van der Waals surface area contributed by atoms with Crippen LogP contribution in [0, 0.1) is 0 Å². The molecular formula is C20H21Cl2N3O6. The molecule has 0 bridgehead atoms. The number of hydrogen-bond donors (Lipinski definition) is 1. The summed E-state index contributed by atoms with van der Waals surface area (Å²) in [5.41, 5.74) is 0.351. The maximum atomic E-state index is 12.8. The number of nitrogens with zero attached hydrogens (tertiary/aromatic N) is 2.